The Morgan fingerprint density at radius 2 is 2.00 bits per heavy atom. The van der Waals surface area contributed by atoms with Crippen molar-refractivity contribution in [3.8, 4) is 0 Å². The second-order valence-electron chi connectivity index (χ2n) is 5.30. The number of benzene rings is 1. The molecule has 1 aromatic heterocycles. The third-order valence-electron chi connectivity index (χ3n) is 3.06. The number of para-hydroxylation sites is 1. The van der Waals surface area contributed by atoms with Gasteiger partial charge in [-0.15, -0.1) is 0 Å². The summed E-state index contributed by atoms with van der Waals surface area (Å²) in [5, 5.41) is 7.74. The van der Waals surface area contributed by atoms with Crippen LogP contribution in [0.25, 0.3) is 10.9 Å². The van der Waals surface area contributed by atoms with Crippen LogP contribution in [0.3, 0.4) is 0 Å². The third-order valence-corrected chi connectivity index (χ3v) is 3.06. The zero-order valence-corrected chi connectivity index (χ0v) is 13.1. The van der Waals surface area contributed by atoms with E-state index in [2.05, 4.69) is 59.6 Å². The van der Waals surface area contributed by atoms with Crippen molar-refractivity contribution in [2.24, 2.45) is 4.99 Å². The molecule has 0 saturated carbocycles. The third kappa shape index (κ3) is 4.74. The van der Waals surface area contributed by atoms with Crippen LogP contribution in [-0.4, -0.2) is 30.1 Å². The van der Waals surface area contributed by atoms with Gasteiger partial charge in [0.05, 0.1) is 5.52 Å². The molecule has 2 N–H and O–H groups in total. The highest BCUT2D eigenvalue weighted by Crippen LogP contribution is 2.11. The Hall–Kier alpha value is -2.10. The van der Waals surface area contributed by atoms with Crippen LogP contribution in [-0.2, 0) is 6.42 Å². The lowest BCUT2D eigenvalue weighted by Gasteiger charge is -2.13. The molecule has 0 atom stereocenters. The molecule has 112 valence electrons. The number of rotatable bonds is 5. The van der Waals surface area contributed by atoms with E-state index in [9.17, 15) is 0 Å². The van der Waals surface area contributed by atoms with Gasteiger partial charge in [0, 0.05) is 36.6 Å². The smallest absolute Gasteiger partial charge is 0.191 e. The van der Waals surface area contributed by atoms with Crippen LogP contribution in [0.1, 0.15) is 26.5 Å². The highest BCUT2D eigenvalue weighted by molar-refractivity contribution is 5.80. The van der Waals surface area contributed by atoms with Crippen LogP contribution in [0.4, 0.5) is 0 Å². The Morgan fingerprint density at radius 3 is 2.76 bits per heavy atom. The molecule has 0 aliphatic carbocycles. The Bertz CT molecular complexity index is 605. The minimum atomic E-state index is 0.376. The van der Waals surface area contributed by atoms with E-state index in [0.717, 1.165) is 36.7 Å². The predicted octanol–water partition coefficient (Wildman–Crippen LogP) is 2.74. The van der Waals surface area contributed by atoms with Gasteiger partial charge in [-0.1, -0.05) is 24.3 Å². The van der Waals surface area contributed by atoms with Crippen molar-refractivity contribution in [2.75, 3.05) is 13.1 Å². The summed E-state index contributed by atoms with van der Waals surface area (Å²) >= 11 is 0. The van der Waals surface area contributed by atoms with Gasteiger partial charge in [0.15, 0.2) is 5.96 Å². The number of hydrogen-bond donors (Lipinski definition) is 2. The summed E-state index contributed by atoms with van der Waals surface area (Å²) in [5.74, 6) is 0.869. The first kappa shape index (κ1) is 15.3. The lowest BCUT2D eigenvalue weighted by atomic mass is 10.2. The number of aliphatic imine (C=N–C) groups is 1. The summed E-state index contributed by atoms with van der Waals surface area (Å²) in [4.78, 5) is 9.25. The molecule has 4 heteroatoms. The lowest BCUT2D eigenvalue weighted by molar-refractivity contribution is 0.700. The zero-order chi connectivity index (χ0) is 15.1. The predicted molar refractivity (Wildman–Crippen MR) is 89.7 cm³/mol. The number of hydrogen-bond acceptors (Lipinski definition) is 2. The highest BCUT2D eigenvalue weighted by Gasteiger charge is 2.01. The van der Waals surface area contributed by atoms with E-state index in [-0.39, 0.29) is 0 Å². The number of nitrogens with one attached hydrogen (secondary N) is 2. The summed E-state index contributed by atoms with van der Waals surface area (Å²) in [6, 6.07) is 12.8. The molecule has 0 amide bonds. The normalized spacial score (nSPS) is 11.9. The molecular weight excluding hydrogens is 260 g/mol. The quantitative estimate of drug-likeness (QED) is 0.655. The molecule has 0 aliphatic rings. The monoisotopic (exact) mass is 284 g/mol. The Kier molecular flexibility index (Phi) is 5.55. The second kappa shape index (κ2) is 7.62. The van der Waals surface area contributed by atoms with Gasteiger partial charge in [-0.25, -0.2) is 0 Å². The fourth-order valence-electron chi connectivity index (χ4n) is 2.12. The second-order valence-corrected chi connectivity index (χ2v) is 5.30. The molecule has 0 saturated heterocycles. The highest BCUT2D eigenvalue weighted by atomic mass is 15.2. The number of fused-ring (bicyclic) bond motifs is 1. The number of guanidine groups is 1. The minimum absolute atomic E-state index is 0.376. The largest absolute Gasteiger partial charge is 0.357 e. The molecule has 0 bridgehead atoms. The van der Waals surface area contributed by atoms with Crippen LogP contribution in [0, 0.1) is 0 Å². The maximum absolute atomic E-state index is 4.67. The Balaban J connectivity index is 1.99. The van der Waals surface area contributed by atoms with E-state index < -0.39 is 0 Å². The molecule has 0 unspecified atom stereocenters. The molecular formula is C17H24N4. The Morgan fingerprint density at radius 1 is 1.19 bits per heavy atom. The Labute approximate surface area is 126 Å². The van der Waals surface area contributed by atoms with Gasteiger partial charge in [0.2, 0.25) is 0 Å². The molecule has 21 heavy (non-hydrogen) atoms. The summed E-state index contributed by atoms with van der Waals surface area (Å²) in [6.07, 6.45) is 0.847. The molecule has 0 fully saturated rings. The van der Waals surface area contributed by atoms with Crippen LogP contribution in [0.15, 0.2) is 41.4 Å². The van der Waals surface area contributed by atoms with Crippen LogP contribution >= 0.6 is 0 Å². The molecule has 0 spiro atoms. The van der Waals surface area contributed by atoms with E-state index >= 15 is 0 Å². The summed E-state index contributed by atoms with van der Waals surface area (Å²) in [7, 11) is 0. The van der Waals surface area contributed by atoms with Crippen molar-refractivity contribution >= 4 is 16.9 Å². The van der Waals surface area contributed by atoms with E-state index in [1.54, 1.807) is 0 Å². The van der Waals surface area contributed by atoms with E-state index in [1.807, 2.05) is 18.2 Å². The molecule has 2 rings (SSSR count). The topological polar surface area (TPSA) is 49.3 Å². The minimum Gasteiger partial charge on any atom is -0.357 e. The SMILES string of the molecule is CCNC(=NCCc1ccc2ccccc2n1)NC(C)C. The van der Waals surface area contributed by atoms with Gasteiger partial charge < -0.3 is 10.6 Å². The van der Waals surface area contributed by atoms with E-state index in [1.165, 1.54) is 5.39 Å². The van der Waals surface area contributed by atoms with Crippen molar-refractivity contribution in [2.45, 2.75) is 33.2 Å². The van der Waals surface area contributed by atoms with E-state index in [0.29, 0.717) is 6.04 Å². The number of pyridine rings is 1. The van der Waals surface area contributed by atoms with Crippen LogP contribution < -0.4 is 10.6 Å². The van der Waals surface area contributed by atoms with Crippen LogP contribution in [0.2, 0.25) is 0 Å². The van der Waals surface area contributed by atoms with Crippen molar-refractivity contribution < 1.29 is 0 Å². The average Bonchev–Trinajstić information content (AvgIpc) is 2.47. The van der Waals surface area contributed by atoms with Gasteiger partial charge in [-0.2, -0.15) is 0 Å². The first-order chi connectivity index (χ1) is 10.2. The molecule has 4 nitrogen and oxygen atoms in total. The molecule has 0 radical (unpaired) electrons. The first-order valence-corrected chi connectivity index (χ1v) is 7.58. The fraction of sp³-hybridized carbons (Fsp3) is 0.412. The lowest BCUT2D eigenvalue weighted by Crippen LogP contribution is -2.41. The molecule has 2 aromatic rings. The maximum Gasteiger partial charge on any atom is 0.191 e. The van der Waals surface area contributed by atoms with E-state index in [4.69, 9.17) is 0 Å². The van der Waals surface area contributed by atoms with Crippen molar-refractivity contribution in [3.63, 3.8) is 0 Å². The first-order valence-electron chi connectivity index (χ1n) is 7.58. The van der Waals surface area contributed by atoms with Crippen molar-refractivity contribution in [1.29, 1.82) is 0 Å². The maximum atomic E-state index is 4.67. The average molecular weight is 284 g/mol. The summed E-state index contributed by atoms with van der Waals surface area (Å²) in [5.41, 5.74) is 2.13. The van der Waals surface area contributed by atoms with Gasteiger partial charge in [0.25, 0.3) is 0 Å². The van der Waals surface area contributed by atoms with Gasteiger partial charge in [0.1, 0.15) is 0 Å². The van der Waals surface area contributed by atoms with Gasteiger partial charge in [-0.3, -0.25) is 9.98 Å². The summed E-state index contributed by atoms with van der Waals surface area (Å²) < 4.78 is 0. The standard InChI is InChI=1S/C17H24N4/c1-4-18-17(20-13(2)3)19-12-11-15-10-9-14-7-5-6-8-16(14)21-15/h5-10,13H,4,11-12H2,1-3H3,(H2,18,19,20). The van der Waals surface area contributed by atoms with Crippen molar-refractivity contribution in [1.82, 2.24) is 15.6 Å². The summed E-state index contributed by atoms with van der Waals surface area (Å²) in [6.45, 7) is 7.89. The van der Waals surface area contributed by atoms with Crippen LogP contribution in [0.5, 0.6) is 0 Å². The number of nitrogens with zero attached hydrogens (tertiary/aromatic N) is 2. The fourth-order valence-corrected chi connectivity index (χ4v) is 2.12. The van der Waals surface area contributed by atoms with Gasteiger partial charge in [-0.05, 0) is 32.9 Å². The number of aromatic nitrogens is 1. The molecule has 0 aliphatic heterocycles. The van der Waals surface area contributed by atoms with Gasteiger partial charge >= 0.3 is 0 Å². The van der Waals surface area contributed by atoms with Crippen molar-refractivity contribution in [3.05, 3.63) is 42.1 Å². The molecule has 1 aromatic carbocycles. The molecule has 1 heterocycles. The zero-order valence-electron chi connectivity index (χ0n) is 13.1.